The summed E-state index contributed by atoms with van der Waals surface area (Å²) < 4.78 is 29.2. The highest BCUT2D eigenvalue weighted by Crippen LogP contribution is 2.25. The number of ether oxygens (including phenoxy) is 1. The van der Waals surface area contributed by atoms with E-state index in [1.807, 2.05) is 35.2 Å². The van der Waals surface area contributed by atoms with Crippen LogP contribution in [0.4, 0.5) is 16.2 Å². The Morgan fingerprint density at radius 2 is 1.62 bits per heavy atom. The molecule has 34 heavy (non-hydrogen) atoms. The molecule has 2 atom stereocenters. The van der Waals surface area contributed by atoms with Crippen LogP contribution in [0.5, 0.6) is 0 Å². The van der Waals surface area contributed by atoms with Crippen molar-refractivity contribution in [3.63, 3.8) is 0 Å². The van der Waals surface area contributed by atoms with Gasteiger partial charge >= 0.3 is 6.03 Å². The first-order valence-corrected chi connectivity index (χ1v) is 13.3. The summed E-state index contributed by atoms with van der Waals surface area (Å²) in [5.74, 6) is -0.154. The Morgan fingerprint density at radius 3 is 2.24 bits per heavy atom. The van der Waals surface area contributed by atoms with E-state index in [4.69, 9.17) is 4.74 Å². The summed E-state index contributed by atoms with van der Waals surface area (Å²) >= 11 is 0. The Bertz CT molecular complexity index is 1070. The van der Waals surface area contributed by atoms with Crippen molar-refractivity contribution >= 4 is 33.2 Å². The maximum absolute atomic E-state index is 13.3. The van der Waals surface area contributed by atoms with Gasteiger partial charge in [-0.25, -0.2) is 13.2 Å². The SMILES string of the molecule is O=C(NCC1CCCO1)Nc1ccc(NC(=O)C(c2ccccc2)N2CCS(=O)(=O)CC2)cc1. The molecule has 2 fully saturated rings. The van der Waals surface area contributed by atoms with Crippen LogP contribution in [-0.4, -0.2) is 69.1 Å². The summed E-state index contributed by atoms with van der Waals surface area (Å²) in [5, 5.41) is 8.50. The number of hydrogen-bond acceptors (Lipinski definition) is 6. The highest BCUT2D eigenvalue weighted by molar-refractivity contribution is 7.91. The van der Waals surface area contributed by atoms with Crippen molar-refractivity contribution in [3.8, 4) is 0 Å². The number of carbonyl (C=O) groups is 2. The van der Waals surface area contributed by atoms with Crippen LogP contribution in [0.15, 0.2) is 54.6 Å². The number of rotatable bonds is 7. The van der Waals surface area contributed by atoms with Gasteiger partial charge in [0.25, 0.3) is 0 Å². The predicted octanol–water partition coefficient (Wildman–Crippen LogP) is 2.40. The summed E-state index contributed by atoms with van der Waals surface area (Å²) in [6, 6.07) is 15.3. The van der Waals surface area contributed by atoms with Crippen LogP contribution in [-0.2, 0) is 19.4 Å². The molecule has 2 saturated heterocycles. The van der Waals surface area contributed by atoms with E-state index >= 15 is 0 Å². The van der Waals surface area contributed by atoms with Gasteiger partial charge in [-0.1, -0.05) is 30.3 Å². The zero-order chi connectivity index (χ0) is 24.0. The molecule has 9 nitrogen and oxygen atoms in total. The van der Waals surface area contributed by atoms with Crippen molar-refractivity contribution in [3.05, 3.63) is 60.2 Å². The van der Waals surface area contributed by atoms with Gasteiger partial charge in [0, 0.05) is 37.6 Å². The molecule has 2 aliphatic rings. The molecule has 182 valence electrons. The fourth-order valence-corrected chi connectivity index (χ4v) is 5.41. The number of sulfone groups is 1. The number of nitrogens with zero attached hydrogens (tertiary/aromatic N) is 1. The number of anilines is 2. The highest BCUT2D eigenvalue weighted by atomic mass is 32.2. The topological polar surface area (TPSA) is 117 Å². The molecule has 2 aromatic rings. The van der Waals surface area contributed by atoms with E-state index in [1.54, 1.807) is 24.3 Å². The molecule has 2 aliphatic heterocycles. The molecule has 0 radical (unpaired) electrons. The molecule has 0 aliphatic carbocycles. The lowest BCUT2D eigenvalue weighted by atomic mass is 10.0. The number of carbonyl (C=O) groups excluding carboxylic acids is 2. The lowest BCUT2D eigenvalue weighted by Gasteiger charge is -2.33. The fraction of sp³-hybridized carbons (Fsp3) is 0.417. The second kappa shape index (κ2) is 11.0. The van der Waals surface area contributed by atoms with Crippen molar-refractivity contribution in [1.29, 1.82) is 0 Å². The zero-order valence-corrected chi connectivity index (χ0v) is 19.7. The number of benzene rings is 2. The Balaban J connectivity index is 1.37. The summed E-state index contributed by atoms with van der Waals surface area (Å²) in [5.41, 5.74) is 1.99. The zero-order valence-electron chi connectivity index (χ0n) is 18.9. The third-order valence-corrected chi connectivity index (χ3v) is 7.64. The summed E-state index contributed by atoms with van der Waals surface area (Å²) in [4.78, 5) is 27.3. The normalized spacial score (nSPS) is 20.9. The van der Waals surface area contributed by atoms with Gasteiger partial charge in [0.05, 0.1) is 17.6 Å². The molecule has 0 aromatic heterocycles. The molecule has 4 rings (SSSR count). The highest BCUT2D eigenvalue weighted by Gasteiger charge is 2.32. The second-order valence-electron chi connectivity index (χ2n) is 8.54. The van der Waals surface area contributed by atoms with E-state index in [0.717, 1.165) is 25.0 Å². The standard InChI is InChI=1S/C24H30N4O5S/c29-23(22(18-5-2-1-3-6-18)28-12-15-34(31,32)16-13-28)26-19-8-10-20(11-9-19)27-24(30)25-17-21-7-4-14-33-21/h1-3,5-6,8-11,21-22H,4,7,12-17H2,(H,26,29)(H2,25,27,30). The number of hydrogen-bond donors (Lipinski definition) is 3. The maximum atomic E-state index is 13.3. The van der Waals surface area contributed by atoms with Crippen LogP contribution < -0.4 is 16.0 Å². The summed E-state index contributed by atoms with van der Waals surface area (Å²) in [6.07, 6.45) is 2.04. The van der Waals surface area contributed by atoms with Gasteiger partial charge in [-0.2, -0.15) is 0 Å². The number of amides is 3. The van der Waals surface area contributed by atoms with Gasteiger partial charge < -0.3 is 20.7 Å². The van der Waals surface area contributed by atoms with Crippen molar-refractivity contribution in [2.45, 2.75) is 25.0 Å². The maximum Gasteiger partial charge on any atom is 0.319 e. The monoisotopic (exact) mass is 486 g/mol. The van der Waals surface area contributed by atoms with E-state index in [2.05, 4.69) is 16.0 Å². The van der Waals surface area contributed by atoms with Gasteiger partial charge in [0.15, 0.2) is 9.84 Å². The van der Waals surface area contributed by atoms with Crippen LogP contribution in [0.2, 0.25) is 0 Å². The Hall–Kier alpha value is -2.95. The average Bonchev–Trinajstić information content (AvgIpc) is 3.35. The molecule has 3 N–H and O–H groups in total. The van der Waals surface area contributed by atoms with Crippen LogP contribution in [0, 0.1) is 0 Å². The molecular formula is C24H30N4O5S. The van der Waals surface area contributed by atoms with Gasteiger partial charge in [-0.05, 0) is 42.7 Å². The predicted molar refractivity (Wildman–Crippen MR) is 130 cm³/mol. The smallest absolute Gasteiger partial charge is 0.319 e. The van der Waals surface area contributed by atoms with Gasteiger partial charge in [-0.15, -0.1) is 0 Å². The first kappa shape index (κ1) is 24.2. The minimum atomic E-state index is -3.06. The fourth-order valence-electron chi connectivity index (χ4n) is 4.18. The average molecular weight is 487 g/mol. The van der Waals surface area contributed by atoms with E-state index in [0.29, 0.717) is 31.0 Å². The quantitative estimate of drug-likeness (QED) is 0.553. The van der Waals surface area contributed by atoms with E-state index in [-0.39, 0.29) is 29.5 Å². The van der Waals surface area contributed by atoms with E-state index in [9.17, 15) is 18.0 Å². The molecular weight excluding hydrogens is 456 g/mol. The summed E-state index contributed by atoms with van der Waals surface area (Å²) in [6.45, 7) is 1.82. The van der Waals surface area contributed by atoms with Crippen LogP contribution in [0.3, 0.4) is 0 Å². The molecule has 10 heteroatoms. The van der Waals surface area contributed by atoms with Crippen molar-refractivity contribution < 1.29 is 22.7 Å². The molecule has 3 amide bonds. The first-order chi connectivity index (χ1) is 16.4. The molecule has 2 aromatic carbocycles. The van der Waals surface area contributed by atoms with Crippen LogP contribution in [0.1, 0.15) is 24.4 Å². The lowest BCUT2D eigenvalue weighted by molar-refractivity contribution is -0.121. The lowest BCUT2D eigenvalue weighted by Crippen LogP contribution is -2.46. The van der Waals surface area contributed by atoms with Crippen LogP contribution in [0.25, 0.3) is 0 Å². The van der Waals surface area contributed by atoms with Crippen molar-refractivity contribution in [2.24, 2.45) is 0 Å². The minimum Gasteiger partial charge on any atom is -0.376 e. The Labute approximate surface area is 199 Å². The van der Waals surface area contributed by atoms with Gasteiger partial charge in [-0.3, -0.25) is 9.69 Å². The number of nitrogens with one attached hydrogen (secondary N) is 3. The molecule has 0 bridgehead atoms. The third-order valence-electron chi connectivity index (χ3n) is 6.03. The molecule has 0 spiro atoms. The van der Waals surface area contributed by atoms with Crippen molar-refractivity contribution in [1.82, 2.24) is 10.2 Å². The van der Waals surface area contributed by atoms with E-state index < -0.39 is 15.9 Å². The van der Waals surface area contributed by atoms with Gasteiger partial charge in [0.2, 0.25) is 5.91 Å². The number of urea groups is 1. The second-order valence-corrected chi connectivity index (χ2v) is 10.8. The third kappa shape index (κ3) is 6.55. The minimum absolute atomic E-state index is 0.0406. The van der Waals surface area contributed by atoms with Crippen LogP contribution >= 0.6 is 0 Å². The molecule has 2 unspecified atom stereocenters. The van der Waals surface area contributed by atoms with E-state index in [1.165, 1.54) is 0 Å². The van der Waals surface area contributed by atoms with Gasteiger partial charge in [0.1, 0.15) is 6.04 Å². The Kier molecular flexibility index (Phi) is 7.81. The molecule has 0 saturated carbocycles. The molecule has 2 heterocycles. The first-order valence-electron chi connectivity index (χ1n) is 11.5. The largest absolute Gasteiger partial charge is 0.376 e. The summed E-state index contributed by atoms with van der Waals surface area (Å²) in [7, 11) is -3.06. The Morgan fingerprint density at radius 1 is 0.971 bits per heavy atom. The van der Waals surface area contributed by atoms with Crippen molar-refractivity contribution in [2.75, 3.05) is 48.4 Å².